The molecule has 1 saturated heterocycles. The van der Waals surface area contributed by atoms with Crippen LogP contribution in [0.2, 0.25) is 5.02 Å². The highest BCUT2D eigenvalue weighted by Crippen LogP contribution is 2.28. The van der Waals surface area contributed by atoms with Crippen molar-refractivity contribution in [3.05, 3.63) is 112 Å². The van der Waals surface area contributed by atoms with Crippen LogP contribution < -0.4 is 21.3 Å². The Morgan fingerprint density at radius 2 is 1.70 bits per heavy atom. The van der Waals surface area contributed by atoms with Crippen LogP contribution in [0.5, 0.6) is 0 Å². The van der Waals surface area contributed by atoms with Gasteiger partial charge in [-0.05, 0) is 42.3 Å². The van der Waals surface area contributed by atoms with Crippen molar-refractivity contribution >= 4 is 52.7 Å². The van der Waals surface area contributed by atoms with Crippen molar-refractivity contribution in [3.63, 3.8) is 0 Å². The lowest BCUT2D eigenvalue weighted by Crippen LogP contribution is -2.23. The summed E-state index contributed by atoms with van der Waals surface area (Å²) in [5.41, 5.74) is 4.18. The Hall–Kier alpha value is -4.69. The molecule has 0 saturated carbocycles. The molecule has 1 aliphatic heterocycles. The van der Waals surface area contributed by atoms with E-state index in [0.717, 1.165) is 22.9 Å². The van der Waals surface area contributed by atoms with Gasteiger partial charge >= 0.3 is 6.03 Å². The second-order valence-corrected chi connectivity index (χ2v) is 8.57. The van der Waals surface area contributed by atoms with E-state index in [9.17, 15) is 19.2 Å². The van der Waals surface area contributed by atoms with Gasteiger partial charge in [-0.3, -0.25) is 19.7 Å². The summed E-state index contributed by atoms with van der Waals surface area (Å²) in [5.74, 6) is -1.30. The average Bonchev–Trinajstić information content (AvgIpc) is 3.18. The number of rotatable bonds is 8. The number of aryl methyl sites for hydroxylation is 1. The van der Waals surface area contributed by atoms with Crippen LogP contribution in [-0.2, 0) is 9.59 Å². The molecule has 4 amide bonds. The monoisotopic (exact) mass is 514 g/mol. The van der Waals surface area contributed by atoms with Crippen molar-refractivity contribution in [1.82, 2.24) is 16.0 Å². The molecule has 3 aromatic carbocycles. The first-order chi connectivity index (χ1) is 17.8. The number of anilines is 2. The molecule has 1 heterocycles. The van der Waals surface area contributed by atoms with Crippen molar-refractivity contribution in [3.8, 4) is 0 Å². The Balaban J connectivity index is 1.41. The standard InChI is InChI=1S/C28H23ClN4O4/c1-17-7-2-4-10-20(17)26(35)21-13-12-19(15-22(21)29)31-23-11-5-3-8-18(23)9-6-14-30-25(34)16-24-27(36)33-28(37)32-24/h2-13,15-16,31H,14H2,1H3,(H,30,34)(H2,32,33,36,37). The van der Waals surface area contributed by atoms with Gasteiger partial charge in [0.05, 0.1) is 5.02 Å². The molecule has 4 rings (SSSR count). The van der Waals surface area contributed by atoms with Gasteiger partial charge in [0.15, 0.2) is 5.78 Å². The van der Waals surface area contributed by atoms with E-state index in [1.165, 1.54) is 0 Å². The molecule has 0 spiro atoms. The number of urea groups is 1. The molecule has 0 aliphatic carbocycles. The van der Waals surface area contributed by atoms with Crippen LogP contribution in [0.3, 0.4) is 0 Å². The number of halogens is 1. The zero-order valence-electron chi connectivity index (χ0n) is 19.8. The van der Waals surface area contributed by atoms with Gasteiger partial charge in [-0.15, -0.1) is 0 Å². The molecule has 1 fully saturated rings. The molecular weight excluding hydrogens is 492 g/mol. The highest BCUT2D eigenvalue weighted by molar-refractivity contribution is 6.35. The third kappa shape index (κ3) is 6.31. The molecule has 0 atom stereocenters. The highest BCUT2D eigenvalue weighted by Gasteiger charge is 2.23. The summed E-state index contributed by atoms with van der Waals surface area (Å²) in [4.78, 5) is 47.5. The van der Waals surface area contributed by atoms with E-state index in [-0.39, 0.29) is 18.0 Å². The van der Waals surface area contributed by atoms with Gasteiger partial charge in [-0.2, -0.15) is 0 Å². The third-order valence-electron chi connectivity index (χ3n) is 5.53. The van der Waals surface area contributed by atoms with Crippen molar-refractivity contribution in [2.75, 3.05) is 11.9 Å². The minimum Gasteiger partial charge on any atom is -0.355 e. The van der Waals surface area contributed by atoms with Gasteiger partial charge in [0.1, 0.15) is 5.70 Å². The van der Waals surface area contributed by atoms with Gasteiger partial charge < -0.3 is 16.0 Å². The number of carbonyl (C=O) groups excluding carboxylic acids is 4. The average molecular weight is 515 g/mol. The predicted molar refractivity (Wildman–Crippen MR) is 143 cm³/mol. The molecule has 8 nitrogen and oxygen atoms in total. The first-order valence-corrected chi connectivity index (χ1v) is 11.7. The number of imide groups is 1. The summed E-state index contributed by atoms with van der Waals surface area (Å²) in [6.07, 6.45) is 4.61. The van der Waals surface area contributed by atoms with E-state index in [1.807, 2.05) is 60.8 Å². The first-order valence-electron chi connectivity index (χ1n) is 11.4. The number of hydrogen-bond acceptors (Lipinski definition) is 5. The van der Waals surface area contributed by atoms with Gasteiger partial charge in [0.25, 0.3) is 5.91 Å². The maximum Gasteiger partial charge on any atom is 0.326 e. The SMILES string of the molecule is Cc1ccccc1C(=O)c1ccc(Nc2ccccc2C=CCNC(=O)C=C2NC(=O)NC2=O)cc1Cl. The molecule has 0 bridgehead atoms. The lowest BCUT2D eigenvalue weighted by atomic mass is 9.99. The van der Waals surface area contributed by atoms with Gasteiger partial charge in [-0.25, -0.2) is 4.79 Å². The maximum atomic E-state index is 12.9. The Labute approximate surface area is 218 Å². The Morgan fingerprint density at radius 1 is 0.946 bits per heavy atom. The quantitative estimate of drug-likeness (QED) is 0.201. The fraction of sp³-hybridized carbons (Fsp3) is 0.0714. The van der Waals surface area contributed by atoms with Crippen molar-refractivity contribution in [2.45, 2.75) is 6.92 Å². The number of para-hydroxylation sites is 1. The molecular formula is C28H23ClN4O4. The van der Waals surface area contributed by atoms with Crippen molar-refractivity contribution in [1.29, 1.82) is 0 Å². The normalized spacial score (nSPS) is 13.9. The summed E-state index contributed by atoms with van der Waals surface area (Å²) in [5, 5.41) is 10.6. The maximum absolute atomic E-state index is 12.9. The van der Waals surface area contributed by atoms with Gasteiger partial charge in [0.2, 0.25) is 5.91 Å². The summed E-state index contributed by atoms with van der Waals surface area (Å²) in [6, 6.07) is 19.5. The topological polar surface area (TPSA) is 116 Å². The van der Waals surface area contributed by atoms with E-state index < -0.39 is 17.8 Å². The third-order valence-corrected chi connectivity index (χ3v) is 5.84. The molecule has 37 heavy (non-hydrogen) atoms. The summed E-state index contributed by atoms with van der Waals surface area (Å²) >= 11 is 6.47. The minimum atomic E-state index is -0.665. The van der Waals surface area contributed by atoms with Crippen LogP contribution in [0.25, 0.3) is 6.08 Å². The van der Waals surface area contributed by atoms with E-state index in [4.69, 9.17) is 11.6 Å². The van der Waals surface area contributed by atoms with Gasteiger partial charge in [0, 0.05) is 35.1 Å². The number of ketones is 1. The Bertz CT molecular complexity index is 1460. The molecule has 3 aromatic rings. The summed E-state index contributed by atoms with van der Waals surface area (Å²) in [6.45, 7) is 2.09. The Kier molecular flexibility index (Phi) is 7.80. The molecule has 0 unspecified atom stereocenters. The zero-order valence-corrected chi connectivity index (χ0v) is 20.6. The smallest absolute Gasteiger partial charge is 0.326 e. The van der Waals surface area contributed by atoms with Crippen LogP contribution >= 0.6 is 11.6 Å². The number of amides is 4. The van der Waals surface area contributed by atoms with Crippen LogP contribution in [-0.4, -0.2) is 30.2 Å². The van der Waals surface area contributed by atoms with E-state index in [0.29, 0.717) is 21.8 Å². The second kappa shape index (κ2) is 11.4. The van der Waals surface area contributed by atoms with Crippen LogP contribution in [0.15, 0.2) is 84.6 Å². The molecule has 0 aromatic heterocycles. The van der Waals surface area contributed by atoms with Crippen LogP contribution in [0.4, 0.5) is 16.2 Å². The number of hydrogen-bond donors (Lipinski definition) is 4. The van der Waals surface area contributed by atoms with Crippen molar-refractivity contribution in [2.24, 2.45) is 0 Å². The second-order valence-electron chi connectivity index (χ2n) is 8.16. The van der Waals surface area contributed by atoms with Crippen LogP contribution in [0, 0.1) is 6.92 Å². The largest absolute Gasteiger partial charge is 0.355 e. The first kappa shape index (κ1) is 25.4. The molecule has 186 valence electrons. The van der Waals surface area contributed by atoms with Crippen LogP contribution in [0.1, 0.15) is 27.0 Å². The molecule has 4 N–H and O–H groups in total. The lowest BCUT2D eigenvalue weighted by Gasteiger charge is -2.12. The fourth-order valence-electron chi connectivity index (χ4n) is 3.67. The summed E-state index contributed by atoms with van der Waals surface area (Å²) < 4.78 is 0. The Morgan fingerprint density at radius 3 is 2.43 bits per heavy atom. The van der Waals surface area contributed by atoms with E-state index in [1.54, 1.807) is 30.3 Å². The molecule has 9 heteroatoms. The highest BCUT2D eigenvalue weighted by atomic mass is 35.5. The van der Waals surface area contributed by atoms with E-state index in [2.05, 4.69) is 16.0 Å². The minimum absolute atomic E-state index is 0.105. The lowest BCUT2D eigenvalue weighted by molar-refractivity contribution is -0.118. The molecule has 1 aliphatic rings. The summed E-state index contributed by atoms with van der Waals surface area (Å²) in [7, 11) is 0. The molecule has 0 radical (unpaired) electrons. The number of carbonyl (C=O) groups is 4. The predicted octanol–water partition coefficient (Wildman–Crippen LogP) is 4.48. The van der Waals surface area contributed by atoms with Crippen molar-refractivity contribution < 1.29 is 19.2 Å². The number of benzene rings is 3. The van der Waals surface area contributed by atoms with E-state index >= 15 is 0 Å². The zero-order chi connectivity index (χ0) is 26.4. The fourth-order valence-corrected chi connectivity index (χ4v) is 3.94. The van der Waals surface area contributed by atoms with Gasteiger partial charge in [-0.1, -0.05) is 66.2 Å². The number of nitrogens with one attached hydrogen (secondary N) is 4.